The standard InChI is InChI=1S/C12H23N5O/c1-3-6-10-11(16-13)14-9-15-12(10)17(4-2)7-5-8-18/h9,18H,3-8,13H2,1-2H3,(H,14,15,16). The van der Waals surface area contributed by atoms with Gasteiger partial charge in [0.25, 0.3) is 0 Å². The van der Waals surface area contributed by atoms with E-state index in [-0.39, 0.29) is 6.61 Å². The second-order valence-electron chi connectivity index (χ2n) is 4.08. The number of aromatic nitrogens is 2. The van der Waals surface area contributed by atoms with E-state index in [1.54, 1.807) is 0 Å². The number of hydrogen-bond donors (Lipinski definition) is 3. The van der Waals surface area contributed by atoms with E-state index in [0.717, 1.165) is 43.7 Å². The lowest BCUT2D eigenvalue weighted by Gasteiger charge is -2.24. The fourth-order valence-electron chi connectivity index (χ4n) is 1.96. The Morgan fingerprint density at radius 3 is 2.72 bits per heavy atom. The smallest absolute Gasteiger partial charge is 0.148 e. The first-order valence-corrected chi connectivity index (χ1v) is 6.44. The van der Waals surface area contributed by atoms with Crippen LogP contribution in [0.1, 0.15) is 32.3 Å². The molecule has 0 radical (unpaired) electrons. The lowest BCUT2D eigenvalue weighted by Crippen LogP contribution is -2.27. The zero-order chi connectivity index (χ0) is 13.4. The molecule has 0 amide bonds. The molecular weight excluding hydrogens is 230 g/mol. The van der Waals surface area contributed by atoms with Gasteiger partial charge >= 0.3 is 0 Å². The Kier molecular flexibility index (Phi) is 6.38. The molecule has 6 heteroatoms. The van der Waals surface area contributed by atoms with E-state index in [1.165, 1.54) is 6.33 Å². The first-order chi connectivity index (χ1) is 8.78. The predicted octanol–water partition coefficient (Wildman–Crippen LogP) is 0.923. The van der Waals surface area contributed by atoms with E-state index in [0.29, 0.717) is 5.82 Å². The van der Waals surface area contributed by atoms with Crippen LogP contribution >= 0.6 is 0 Å². The summed E-state index contributed by atoms with van der Waals surface area (Å²) in [6.07, 6.45) is 4.14. The number of hydrogen-bond acceptors (Lipinski definition) is 6. The zero-order valence-corrected chi connectivity index (χ0v) is 11.2. The Labute approximate surface area is 108 Å². The lowest BCUT2D eigenvalue weighted by atomic mass is 10.1. The highest BCUT2D eigenvalue weighted by atomic mass is 16.3. The minimum absolute atomic E-state index is 0.187. The Hall–Kier alpha value is -1.40. The Morgan fingerprint density at radius 2 is 2.17 bits per heavy atom. The summed E-state index contributed by atoms with van der Waals surface area (Å²) >= 11 is 0. The van der Waals surface area contributed by atoms with Crippen molar-refractivity contribution >= 4 is 11.6 Å². The molecule has 0 aliphatic carbocycles. The molecule has 0 bridgehead atoms. The van der Waals surface area contributed by atoms with Crippen LogP contribution in [0.2, 0.25) is 0 Å². The lowest BCUT2D eigenvalue weighted by molar-refractivity contribution is 0.289. The van der Waals surface area contributed by atoms with Crippen molar-refractivity contribution in [2.45, 2.75) is 33.1 Å². The van der Waals surface area contributed by atoms with E-state index >= 15 is 0 Å². The second-order valence-corrected chi connectivity index (χ2v) is 4.08. The summed E-state index contributed by atoms with van der Waals surface area (Å²) < 4.78 is 0. The summed E-state index contributed by atoms with van der Waals surface area (Å²) in [4.78, 5) is 10.7. The molecule has 4 N–H and O–H groups in total. The summed E-state index contributed by atoms with van der Waals surface area (Å²) in [6, 6.07) is 0. The van der Waals surface area contributed by atoms with E-state index in [1.807, 2.05) is 0 Å². The van der Waals surface area contributed by atoms with Crippen molar-refractivity contribution in [3.8, 4) is 0 Å². The molecule has 0 aliphatic heterocycles. The summed E-state index contributed by atoms with van der Waals surface area (Å²) in [5.41, 5.74) is 3.67. The maximum atomic E-state index is 8.94. The van der Waals surface area contributed by atoms with Crippen LogP contribution in [0.5, 0.6) is 0 Å². The van der Waals surface area contributed by atoms with Gasteiger partial charge in [-0.1, -0.05) is 13.3 Å². The topological polar surface area (TPSA) is 87.3 Å². The van der Waals surface area contributed by atoms with Gasteiger partial charge in [0.1, 0.15) is 18.0 Å². The first kappa shape index (κ1) is 14.7. The van der Waals surface area contributed by atoms with E-state index in [9.17, 15) is 0 Å². The number of anilines is 2. The van der Waals surface area contributed by atoms with Crippen LogP contribution in [0.15, 0.2) is 6.33 Å². The van der Waals surface area contributed by atoms with E-state index in [4.69, 9.17) is 10.9 Å². The van der Waals surface area contributed by atoms with Crippen molar-refractivity contribution in [3.05, 3.63) is 11.9 Å². The third-order valence-corrected chi connectivity index (χ3v) is 2.83. The van der Waals surface area contributed by atoms with Crippen LogP contribution in [0.4, 0.5) is 11.6 Å². The molecule has 0 saturated carbocycles. The molecular formula is C12H23N5O. The van der Waals surface area contributed by atoms with Gasteiger partial charge in [-0.2, -0.15) is 0 Å². The molecule has 0 fully saturated rings. The van der Waals surface area contributed by atoms with Gasteiger partial charge in [-0.25, -0.2) is 15.8 Å². The van der Waals surface area contributed by atoms with E-state index in [2.05, 4.69) is 34.1 Å². The van der Waals surface area contributed by atoms with Crippen LogP contribution < -0.4 is 16.2 Å². The van der Waals surface area contributed by atoms with Gasteiger partial charge in [0.15, 0.2) is 0 Å². The molecule has 0 aromatic carbocycles. The predicted molar refractivity (Wildman–Crippen MR) is 73.4 cm³/mol. The molecule has 1 aromatic heterocycles. The van der Waals surface area contributed by atoms with Crippen molar-refractivity contribution in [3.63, 3.8) is 0 Å². The van der Waals surface area contributed by atoms with E-state index < -0.39 is 0 Å². The van der Waals surface area contributed by atoms with Crippen molar-refractivity contribution in [2.75, 3.05) is 30.0 Å². The monoisotopic (exact) mass is 253 g/mol. The number of hydrazine groups is 1. The van der Waals surface area contributed by atoms with Gasteiger partial charge in [0.05, 0.1) is 0 Å². The Morgan fingerprint density at radius 1 is 1.39 bits per heavy atom. The second kappa shape index (κ2) is 7.84. The molecule has 1 rings (SSSR count). The van der Waals surface area contributed by atoms with Gasteiger partial charge in [0.2, 0.25) is 0 Å². The van der Waals surface area contributed by atoms with Gasteiger partial charge < -0.3 is 15.4 Å². The largest absolute Gasteiger partial charge is 0.396 e. The average molecular weight is 253 g/mol. The van der Waals surface area contributed by atoms with Crippen molar-refractivity contribution in [1.82, 2.24) is 9.97 Å². The van der Waals surface area contributed by atoms with Crippen LogP contribution in [-0.2, 0) is 6.42 Å². The number of nitrogens with zero attached hydrogens (tertiary/aromatic N) is 3. The third-order valence-electron chi connectivity index (χ3n) is 2.83. The summed E-state index contributed by atoms with van der Waals surface area (Å²) in [6.45, 7) is 6.00. The van der Waals surface area contributed by atoms with Crippen molar-refractivity contribution in [1.29, 1.82) is 0 Å². The SMILES string of the molecule is CCCc1c(NN)ncnc1N(CC)CCCO. The highest BCUT2D eigenvalue weighted by Gasteiger charge is 2.14. The molecule has 0 atom stereocenters. The van der Waals surface area contributed by atoms with Crippen LogP contribution in [0.3, 0.4) is 0 Å². The summed E-state index contributed by atoms with van der Waals surface area (Å²) in [5, 5.41) is 8.94. The van der Waals surface area contributed by atoms with Crippen molar-refractivity contribution in [2.24, 2.45) is 5.84 Å². The number of aliphatic hydroxyl groups excluding tert-OH is 1. The van der Waals surface area contributed by atoms with Crippen molar-refractivity contribution < 1.29 is 5.11 Å². The highest BCUT2D eigenvalue weighted by Crippen LogP contribution is 2.24. The maximum Gasteiger partial charge on any atom is 0.148 e. The normalized spacial score (nSPS) is 10.4. The first-order valence-electron chi connectivity index (χ1n) is 6.44. The number of nitrogen functional groups attached to an aromatic ring is 1. The minimum atomic E-state index is 0.187. The molecule has 1 heterocycles. The fraction of sp³-hybridized carbons (Fsp3) is 0.667. The van der Waals surface area contributed by atoms with Crippen LogP contribution in [-0.4, -0.2) is 34.8 Å². The quantitative estimate of drug-likeness (QED) is 0.472. The Bertz CT molecular complexity index is 358. The minimum Gasteiger partial charge on any atom is -0.396 e. The molecule has 1 aromatic rings. The van der Waals surface area contributed by atoms with Gasteiger partial charge in [0, 0.05) is 25.3 Å². The number of rotatable bonds is 8. The fourth-order valence-corrected chi connectivity index (χ4v) is 1.96. The van der Waals surface area contributed by atoms with Crippen LogP contribution in [0.25, 0.3) is 0 Å². The molecule has 0 saturated heterocycles. The summed E-state index contributed by atoms with van der Waals surface area (Å²) in [5.74, 6) is 7.09. The molecule has 0 spiro atoms. The molecule has 18 heavy (non-hydrogen) atoms. The summed E-state index contributed by atoms with van der Waals surface area (Å²) in [7, 11) is 0. The third kappa shape index (κ3) is 3.54. The molecule has 0 aliphatic rings. The van der Waals surface area contributed by atoms with Gasteiger partial charge in [-0.3, -0.25) is 0 Å². The van der Waals surface area contributed by atoms with Crippen LogP contribution in [0, 0.1) is 0 Å². The van der Waals surface area contributed by atoms with Gasteiger partial charge in [-0.05, 0) is 19.8 Å². The average Bonchev–Trinajstić information content (AvgIpc) is 2.41. The Balaban J connectivity index is 3.03. The maximum absolute atomic E-state index is 8.94. The number of aliphatic hydroxyl groups is 1. The molecule has 0 unspecified atom stereocenters. The molecule has 6 nitrogen and oxygen atoms in total. The molecule has 102 valence electrons. The number of nitrogens with two attached hydrogens (primary N) is 1. The van der Waals surface area contributed by atoms with Gasteiger partial charge in [-0.15, -0.1) is 0 Å². The number of nitrogens with one attached hydrogen (secondary N) is 1. The highest BCUT2D eigenvalue weighted by molar-refractivity contribution is 5.58. The zero-order valence-electron chi connectivity index (χ0n) is 11.2.